The highest BCUT2D eigenvalue weighted by atomic mass is 35.5. The van der Waals surface area contributed by atoms with Crippen LogP contribution < -0.4 is 9.64 Å². The summed E-state index contributed by atoms with van der Waals surface area (Å²) in [5, 5.41) is 0.832. The lowest BCUT2D eigenvalue weighted by atomic mass is 10.2. The van der Waals surface area contributed by atoms with Gasteiger partial charge in [0.2, 0.25) is 0 Å². The van der Waals surface area contributed by atoms with Gasteiger partial charge in [-0.05, 0) is 55.1 Å². The number of ether oxygens (including phenoxy) is 1. The molecule has 142 valence electrons. The van der Waals surface area contributed by atoms with E-state index in [-0.39, 0.29) is 5.37 Å². The van der Waals surface area contributed by atoms with Crippen molar-refractivity contribution in [3.05, 3.63) is 82.5 Å². The predicted octanol–water partition coefficient (Wildman–Crippen LogP) is 5.09. The topological polar surface area (TPSA) is 28.1 Å². The molecule has 6 heteroatoms. The van der Waals surface area contributed by atoms with Crippen molar-refractivity contribution in [3.63, 3.8) is 0 Å². The Bertz CT molecular complexity index is 962. The van der Waals surface area contributed by atoms with Crippen LogP contribution in [0.2, 0.25) is 5.02 Å². The highest BCUT2D eigenvalue weighted by Crippen LogP contribution is 2.44. The van der Waals surface area contributed by atoms with E-state index in [0.29, 0.717) is 6.10 Å². The maximum Gasteiger partial charge on any atom is 0.126 e. The Kier molecular flexibility index (Phi) is 4.67. The van der Waals surface area contributed by atoms with Gasteiger partial charge in [0, 0.05) is 36.2 Å². The Hall–Kier alpha value is -2.21. The smallest absolute Gasteiger partial charge is 0.126 e. The largest absolute Gasteiger partial charge is 0.488 e. The number of aliphatic imine (C=N–C) groups is 1. The number of anilines is 1. The normalized spacial score (nSPS) is 21.8. The van der Waals surface area contributed by atoms with Crippen LogP contribution in [0.3, 0.4) is 0 Å². The third-order valence-corrected chi connectivity index (χ3v) is 6.44. The summed E-state index contributed by atoms with van der Waals surface area (Å²) in [6, 6.07) is 16.2. The monoisotopic (exact) mass is 409 g/mol. The molecule has 0 spiro atoms. The molecular weight excluding hydrogens is 390 g/mol. The minimum Gasteiger partial charge on any atom is -0.488 e. The molecule has 0 aliphatic carbocycles. The molecule has 1 fully saturated rings. The summed E-state index contributed by atoms with van der Waals surface area (Å²) in [5.41, 5.74) is 3.31. The summed E-state index contributed by atoms with van der Waals surface area (Å²) in [7, 11) is 2.11. The second-order valence-electron chi connectivity index (χ2n) is 7.21. The molecule has 28 heavy (non-hydrogen) atoms. The van der Waals surface area contributed by atoms with Gasteiger partial charge in [-0.25, -0.2) is 0 Å². The molecule has 1 unspecified atom stereocenters. The number of hydrogen-bond acceptors (Lipinski definition) is 5. The summed E-state index contributed by atoms with van der Waals surface area (Å²) in [5.74, 6) is 0.927. The van der Waals surface area contributed by atoms with Gasteiger partial charge in [0.25, 0.3) is 0 Å². The molecule has 0 N–H and O–H groups in total. The molecule has 1 saturated heterocycles. The minimum absolute atomic E-state index is 0.0829. The average Bonchev–Trinajstić information content (AvgIpc) is 3.11. The molecule has 1 atom stereocenters. The number of fused-ring (bicyclic) bond motifs is 1. The zero-order valence-corrected chi connectivity index (χ0v) is 17.0. The van der Waals surface area contributed by atoms with Gasteiger partial charge in [-0.3, -0.25) is 9.89 Å². The van der Waals surface area contributed by atoms with E-state index in [1.54, 1.807) is 11.8 Å². The molecule has 2 aromatic rings. The van der Waals surface area contributed by atoms with E-state index >= 15 is 0 Å². The highest BCUT2D eigenvalue weighted by Gasteiger charge is 2.27. The molecule has 5 rings (SSSR count). The third-order valence-electron chi connectivity index (χ3n) is 5.02. The first-order valence-electron chi connectivity index (χ1n) is 9.28. The highest BCUT2D eigenvalue weighted by molar-refractivity contribution is 8.04. The maximum absolute atomic E-state index is 6.00. The minimum atomic E-state index is 0.0829. The van der Waals surface area contributed by atoms with Gasteiger partial charge in [-0.2, -0.15) is 0 Å². The summed E-state index contributed by atoms with van der Waals surface area (Å²) in [4.78, 5) is 10.4. The van der Waals surface area contributed by atoms with Gasteiger partial charge in [-0.15, -0.1) is 0 Å². The van der Waals surface area contributed by atoms with Crippen LogP contribution in [-0.4, -0.2) is 36.9 Å². The van der Waals surface area contributed by atoms with Crippen molar-refractivity contribution in [1.82, 2.24) is 4.90 Å². The number of nitrogens with zero attached hydrogens (tertiary/aromatic N) is 3. The van der Waals surface area contributed by atoms with Crippen molar-refractivity contribution >= 4 is 34.8 Å². The van der Waals surface area contributed by atoms with Gasteiger partial charge in [0.1, 0.15) is 17.2 Å². The van der Waals surface area contributed by atoms with E-state index in [9.17, 15) is 0 Å². The lowest BCUT2D eigenvalue weighted by molar-refractivity contribution is 0.0388. The van der Waals surface area contributed by atoms with Crippen molar-refractivity contribution < 1.29 is 4.74 Å². The number of likely N-dealkylation sites (tertiary alicyclic amines) is 1. The summed E-state index contributed by atoms with van der Waals surface area (Å²) in [6.07, 6.45) is 6.60. The molecule has 4 nitrogen and oxygen atoms in total. The third kappa shape index (κ3) is 3.58. The van der Waals surface area contributed by atoms with Crippen molar-refractivity contribution in [2.24, 2.45) is 4.99 Å². The second-order valence-corrected chi connectivity index (χ2v) is 8.77. The Morgan fingerprint density at radius 1 is 1.07 bits per heavy atom. The zero-order valence-electron chi connectivity index (χ0n) is 15.5. The van der Waals surface area contributed by atoms with Crippen LogP contribution in [0.15, 0.2) is 76.9 Å². The Morgan fingerprint density at radius 2 is 1.82 bits per heavy atom. The first-order valence-corrected chi connectivity index (χ1v) is 10.5. The van der Waals surface area contributed by atoms with Crippen LogP contribution in [0.5, 0.6) is 5.75 Å². The average molecular weight is 410 g/mol. The van der Waals surface area contributed by atoms with Gasteiger partial charge in [0.15, 0.2) is 0 Å². The van der Waals surface area contributed by atoms with Crippen LogP contribution in [0.25, 0.3) is 0 Å². The molecule has 3 heterocycles. The van der Waals surface area contributed by atoms with Gasteiger partial charge >= 0.3 is 0 Å². The lowest BCUT2D eigenvalue weighted by Gasteiger charge is -2.36. The SMILES string of the molecule is CN1CC(Oc2ccc(N3C=CC4=NC(c5ccc(Cl)cc5)SC4=C3)cc2)C1. The van der Waals surface area contributed by atoms with E-state index in [2.05, 4.69) is 47.5 Å². The molecule has 0 radical (unpaired) electrons. The fourth-order valence-corrected chi connectivity index (χ4v) is 4.72. The zero-order chi connectivity index (χ0) is 19.1. The standard InChI is InChI=1S/C22H20ClN3OS/c1-25-12-19(13-25)27-18-8-6-17(7-9-18)26-11-10-20-21(14-26)28-22(24-20)15-2-4-16(23)5-3-15/h2-11,14,19,22H,12-13H2,1H3. The first kappa shape index (κ1) is 17.9. The number of benzene rings is 2. The number of rotatable bonds is 4. The van der Waals surface area contributed by atoms with Crippen molar-refractivity contribution in [2.75, 3.05) is 25.0 Å². The molecule has 0 amide bonds. The quantitative estimate of drug-likeness (QED) is 0.702. The fraction of sp³-hybridized carbons (Fsp3) is 0.227. The number of allylic oxidation sites excluding steroid dienone is 2. The van der Waals surface area contributed by atoms with Crippen LogP contribution in [0.1, 0.15) is 10.9 Å². The summed E-state index contributed by atoms with van der Waals surface area (Å²) < 4.78 is 5.98. The van der Waals surface area contributed by atoms with Gasteiger partial charge in [-0.1, -0.05) is 35.5 Å². The number of hydrogen-bond donors (Lipinski definition) is 0. The fourth-order valence-electron chi connectivity index (χ4n) is 3.48. The lowest BCUT2D eigenvalue weighted by Crippen LogP contribution is -2.51. The summed E-state index contributed by atoms with van der Waals surface area (Å²) >= 11 is 7.77. The molecule has 0 saturated carbocycles. The Balaban J connectivity index is 1.28. The van der Waals surface area contributed by atoms with Crippen LogP contribution in [0.4, 0.5) is 5.69 Å². The van der Waals surface area contributed by atoms with Crippen molar-refractivity contribution in [1.29, 1.82) is 0 Å². The number of halogens is 1. The van der Waals surface area contributed by atoms with E-state index in [1.807, 2.05) is 36.4 Å². The maximum atomic E-state index is 6.00. The van der Waals surface area contributed by atoms with E-state index in [0.717, 1.165) is 35.3 Å². The van der Waals surface area contributed by atoms with Crippen molar-refractivity contribution in [2.45, 2.75) is 11.5 Å². The molecule has 3 aliphatic rings. The molecule has 0 bridgehead atoms. The summed E-state index contributed by atoms with van der Waals surface area (Å²) in [6.45, 7) is 1.99. The van der Waals surface area contributed by atoms with E-state index in [1.165, 1.54) is 10.5 Å². The Morgan fingerprint density at radius 3 is 2.54 bits per heavy atom. The van der Waals surface area contributed by atoms with Crippen LogP contribution >= 0.6 is 23.4 Å². The van der Waals surface area contributed by atoms with Crippen LogP contribution in [0, 0.1) is 0 Å². The van der Waals surface area contributed by atoms with Crippen molar-refractivity contribution in [3.8, 4) is 5.75 Å². The number of thioether (sulfide) groups is 1. The Labute approximate surface area is 174 Å². The first-order chi connectivity index (χ1) is 13.6. The second kappa shape index (κ2) is 7.32. The van der Waals surface area contributed by atoms with Gasteiger partial charge in [0.05, 0.1) is 10.6 Å². The number of likely N-dealkylation sites (N-methyl/N-ethyl adjacent to an activating group) is 1. The van der Waals surface area contributed by atoms with E-state index < -0.39 is 0 Å². The molecule has 3 aliphatic heterocycles. The molecule has 0 aromatic heterocycles. The molecule has 2 aromatic carbocycles. The predicted molar refractivity (Wildman–Crippen MR) is 117 cm³/mol. The van der Waals surface area contributed by atoms with Crippen LogP contribution in [-0.2, 0) is 0 Å². The molecular formula is C22H20ClN3OS. The van der Waals surface area contributed by atoms with E-state index in [4.69, 9.17) is 21.3 Å². The van der Waals surface area contributed by atoms with Gasteiger partial charge < -0.3 is 9.64 Å².